The molecule has 1 N–H and O–H groups in total. The molecule has 2 atom stereocenters. The van der Waals surface area contributed by atoms with Crippen molar-refractivity contribution in [1.82, 2.24) is 5.32 Å². The van der Waals surface area contributed by atoms with E-state index in [-0.39, 0.29) is 35.8 Å². The summed E-state index contributed by atoms with van der Waals surface area (Å²) in [6.45, 7) is 4.94. The van der Waals surface area contributed by atoms with E-state index in [0.717, 1.165) is 24.2 Å². The van der Waals surface area contributed by atoms with Gasteiger partial charge in [-0.25, -0.2) is 4.39 Å². The monoisotopic (exact) mass is 432 g/mol. The number of amides is 2. The average Bonchev–Trinajstić information content (AvgIpc) is 3.12. The fourth-order valence-corrected chi connectivity index (χ4v) is 3.56. The molecule has 3 rings (SSSR count). The summed E-state index contributed by atoms with van der Waals surface area (Å²) in [7, 11) is 0. The third-order valence-electron chi connectivity index (χ3n) is 5.22. The lowest BCUT2D eigenvalue weighted by atomic mass is 10.0. The van der Waals surface area contributed by atoms with Crippen molar-refractivity contribution in [3.8, 4) is 5.75 Å². The van der Waals surface area contributed by atoms with Crippen LogP contribution in [0, 0.1) is 11.7 Å². The van der Waals surface area contributed by atoms with Crippen LogP contribution >= 0.6 is 11.6 Å². The van der Waals surface area contributed by atoms with Crippen LogP contribution in [0.5, 0.6) is 5.75 Å². The molecule has 1 saturated heterocycles. The van der Waals surface area contributed by atoms with E-state index in [1.807, 2.05) is 31.2 Å². The van der Waals surface area contributed by atoms with Gasteiger partial charge in [-0.3, -0.25) is 9.59 Å². The van der Waals surface area contributed by atoms with Crippen molar-refractivity contribution < 1.29 is 18.7 Å². The Labute approximate surface area is 181 Å². The molecule has 2 aromatic carbocycles. The average molecular weight is 433 g/mol. The molecule has 0 saturated carbocycles. The number of carbonyl (C=O) groups is 2. The smallest absolute Gasteiger partial charge is 0.227 e. The standard InChI is InChI=1S/C23H26ClFN2O3/c1-3-4-11-30-19-8-5-16(6-9-19)15(2)26-23(29)17-12-22(28)27(14-17)18-7-10-21(25)20(24)13-18/h5-10,13,15,17H,3-4,11-12,14H2,1-2H3,(H,26,29). The lowest BCUT2D eigenvalue weighted by Gasteiger charge is -2.19. The zero-order chi connectivity index (χ0) is 21.7. The van der Waals surface area contributed by atoms with Crippen LogP contribution in [-0.2, 0) is 9.59 Å². The Morgan fingerprint density at radius 2 is 2.03 bits per heavy atom. The fraction of sp³-hybridized carbons (Fsp3) is 0.391. The van der Waals surface area contributed by atoms with Gasteiger partial charge in [0.05, 0.1) is 23.6 Å². The zero-order valence-corrected chi connectivity index (χ0v) is 17.9. The molecule has 30 heavy (non-hydrogen) atoms. The number of hydrogen-bond donors (Lipinski definition) is 1. The van der Waals surface area contributed by atoms with Crippen LogP contribution in [0.15, 0.2) is 42.5 Å². The normalized spacial score (nSPS) is 17.1. The summed E-state index contributed by atoms with van der Waals surface area (Å²) in [5.74, 6) is -0.577. The van der Waals surface area contributed by atoms with E-state index in [4.69, 9.17) is 16.3 Å². The SMILES string of the molecule is CCCCOc1ccc(C(C)NC(=O)C2CC(=O)N(c3ccc(F)c(Cl)c3)C2)cc1. The Morgan fingerprint density at radius 3 is 2.70 bits per heavy atom. The molecule has 0 aliphatic carbocycles. The molecule has 1 heterocycles. The minimum atomic E-state index is -0.544. The molecule has 2 aromatic rings. The Balaban J connectivity index is 1.57. The largest absolute Gasteiger partial charge is 0.494 e. The van der Waals surface area contributed by atoms with Crippen molar-refractivity contribution in [3.05, 3.63) is 58.9 Å². The molecule has 0 radical (unpaired) electrons. The number of rotatable bonds is 8. The summed E-state index contributed by atoms with van der Waals surface area (Å²) in [4.78, 5) is 26.6. The zero-order valence-electron chi connectivity index (χ0n) is 17.2. The van der Waals surface area contributed by atoms with Gasteiger partial charge in [0, 0.05) is 18.7 Å². The van der Waals surface area contributed by atoms with Crippen molar-refractivity contribution in [3.63, 3.8) is 0 Å². The first kappa shape index (κ1) is 22.1. The van der Waals surface area contributed by atoms with Gasteiger partial charge in [-0.05, 0) is 49.2 Å². The molecule has 160 valence electrons. The molecule has 5 nitrogen and oxygen atoms in total. The molecule has 1 aliphatic heterocycles. The van der Waals surface area contributed by atoms with E-state index in [0.29, 0.717) is 12.3 Å². The Hall–Kier alpha value is -2.60. The molecular formula is C23H26ClFN2O3. The first-order chi connectivity index (χ1) is 14.4. The van der Waals surface area contributed by atoms with Gasteiger partial charge in [0.1, 0.15) is 11.6 Å². The maximum Gasteiger partial charge on any atom is 0.227 e. The molecule has 2 unspecified atom stereocenters. The number of halogens is 2. The van der Waals surface area contributed by atoms with Crippen LogP contribution in [0.3, 0.4) is 0 Å². The highest BCUT2D eigenvalue weighted by atomic mass is 35.5. The first-order valence-electron chi connectivity index (χ1n) is 10.2. The summed E-state index contributed by atoms with van der Waals surface area (Å²) >= 11 is 5.82. The van der Waals surface area contributed by atoms with E-state index >= 15 is 0 Å². The summed E-state index contributed by atoms with van der Waals surface area (Å²) in [6, 6.07) is 11.6. The number of anilines is 1. The van der Waals surface area contributed by atoms with Gasteiger partial charge >= 0.3 is 0 Å². The number of nitrogens with zero attached hydrogens (tertiary/aromatic N) is 1. The second kappa shape index (κ2) is 9.94. The summed E-state index contributed by atoms with van der Waals surface area (Å²) in [5.41, 5.74) is 1.45. The highest BCUT2D eigenvalue weighted by Gasteiger charge is 2.35. The van der Waals surface area contributed by atoms with Crippen LogP contribution in [-0.4, -0.2) is 25.0 Å². The van der Waals surface area contributed by atoms with Crippen LogP contribution < -0.4 is 15.0 Å². The highest BCUT2D eigenvalue weighted by molar-refractivity contribution is 6.31. The van der Waals surface area contributed by atoms with Gasteiger partial charge in [0.25, 0.3) is 0 Å². The Morgan fingerprint density at radius 1 is 1.30 bits per heavy atom. The number of unbranched alkanes of at least 4 members (excludes halogenated alkanes) is 1. The van der Waals surface area contributed by atoms with Crippen molar-refractivity contribution in [2.75, 3.05) is 18.1 Å². The molecule has 0 aromatic heterocycles. The van der Waals surface area contributed by atoms with Crippen molar-refractivity contribution in [2.45, 2.75) is 39.2 Å². The minimum absolute atomic E-state index is 0.0519. The van der Waals surface area contributed by atoms with E-state index in [1.54, 1.807) is 0 Å². The van der Waals surface area contributed by atoms with Crippen LogP contribution in [0.4, 0.5) is 10.1 Å². The van der Waals surface area contributed by atoms with Gasteiger partial charge in [-0.15, -0.1) is 0 Å². The quantitative estimate of drug-likeness (QED) is 0.604. The predicted molar refractivity (Wildman–Crippen MR) is 115 cm³/mol. The number of carbonyl (C=O) groups excluding carboxylic acids is 2. The number of benzene rings is 2. The van der Waals surface area contributed by atoms with Gasteiger partial charge in [-0.1, -0.05) is 37.1 Å². The van der Waals surface area contributed by atoms with E-state index in [9.17, 15) is 14.0 Å². The van der Waals surface area contributed by atoms with E-state index in [2.05, 4.69) is 12.2 Å². The Bertz CT molecular complexity index is 904. The number of hydrogen-bond acceptors (Lipinski definition) is 3. The molecule has 2 amide bonds. The van der Waals surface area contributed by atoms with Crippen LogP contribution in [0.1, 0.15) is 44.7 Å². The first-order valence-corrected chi connectivity index (χ1v) is 10.6. The predicted octanol–water partition coefficient (Wildman–Crippen LogP) is 4.89. The lowest BCUT2D eigenvalue weighted by Crippen LogP contribution is -2.34. The highest BCUT2D eigenvalue weighted by Crippen LogP contribution is 2.29. The molecule has 1 fully saturated rings. The number of ether oxygens (including phenoxy) is 1. The van der Waals surface area contributed by atoms with Gasteiger partial charge in [0.2, 0.25) is 11.8 Å². The topological polar surface area (TPSA) is 58.6 Å². The summed E-state index contributed by atoms with van der Waals surface area (Å²) < 4.78 is 19.0. The van der Waals surface area contributed by atoms with E-state index < -0.39 is 11.7 Å². The summed E-state index contributed by atoms with van der Waals surface area (Å²) in [6.07, 6.45) is 2.20. The molecule has 7 heteroatoms. The van der Waals surface area contributed by atoms with Gasteiger partial charge in [-0.2, -0.15) is 0 Å². The van der Waals surface area contributed by atoms with Crippen molar-refractivity contribution in [2.24, 2.45) is 5.92 Å². The second-order valence-electron chi connectivity index (χ2n) is 7.51. The lowest BCUT2D eigenvalue weighted by molar-refractivity contribution is -0.126. The van der Waals surface area contributed by atoms with Crippen molar-refractivity contribution in [1.29, 1.82) is 0 Å². The Kier molecular flexibility index (Phi) is 7.32. The second-order valence-corrected chi connectivity index (χ2v) is 7.91. The third-order valence-corrected chi connectivity index (χ3v) is 5.51. The maximum atomic E-state index is 13.4. The maximum absolute atomic E-state index is 13.4. The fourth-order valence-electron chi connectivity index (χ4n) is 3.39. The van der Waals surface area contributed by atoms with Crippen LogP contribution in [0.25, 0.3) is 0 Å². The van der Waals surface area contributed by atoms with Gasteiger partial charge in [0.15, 0.2) is 0 Å². The third kappa shape index (κ3) is 5.30. The van der Waals surface area contributed by atoms with Crippen LogP contribution in [0.2, 0.25) is 5.02 Å². The molecule has 1 aliphatic rings. The minimum Gasteiger partial charge on any atom is -0.494 e. The molecule has 0 bridgehead atoms. The molecule has 0 spiro atoms. The van der Waals surface area contributed by atoms with Crippen molar-refractivity contribution >= 4 is 29.1 Å². The number of nitrogens with one attached hydrogen (secondary N) is 1. The van der Waals surface area contributed by atoms with E-state index in [1.165, 1.54) is 23.1 Å². The molecular weight excluding hydrogens is 407 g/mol. The summed E-state index contributed by atoms with van der Waals surface area (Å²) in [5, 5.41) is 2.93. The van der Waals surface area contributed by atoms with Gasteiger partial charge < -0.3 is 15.0 Å².